The van der Waals surface area contributed by atoms with Crippen LogP contribution in [0.3, 0.4) is 0 Å². The molecule has 0 unspecified atom stereocenters. The van der Waals surface area contributed by atoms with E-state index in [-0.39, 0.29) is 5.75 Å². The van der Waals surface area contributed by atoms with Crippen LogP contribution >= 0.6 is 11.6 Å². The molecule has 0 radical (unpaired) electrons. The second kappa shape index (κ2) is 6.02. The zero-order valence-corrected chi connectivity index (χ0v) is 14.7. The lowest BCUT2D eigenvalue weighted by Crippen LogP contribution is -2.14. The Kier molecular flexibility index (Phi) is 4.21. The quantitative estimate of drug-likeness (QED) is 0.657. The van der Waals surface area contributed by atoms with Crippen LogP contribution in [-0.2, 0) is 21.7 Å². The van der Waals surface area contributed by atoms with Gasteiger partial charge >= 0.3 is 0 Å². The minimum absolute atomic E-state index is 0.0266. The summed E-state index contributed by atoms with van der Waals surface area (Å²) < 4.78 is 27.1. The fourth-order valence-corrected chi connectivity index (χ4v) is 4.87. The van der Waals surface area contributed by atoms with E-state index in [0.717, 1.165) is 33.2 Å². The van der Waals surface area contributed by atoms with Crippen LogP contribution in [-0.4, -0.2) is 12.4 Å². The fraction of sp³-hybridized carbons (Fsp3) is 0.222. The molecule has 1 aromatic heterocycles. The highest BCUT2D eigenvalue weighted by atomic mass is 35.5. The zero-order valence-electron chi connectivity index (χ0n) is 13.1. The van der Waals surface area contributed by atoms with Gasteiger partial charge in [0.25, 0.3) is 0 Å². The largest absolute Gasteiger partial charge is 0.245 e. The van der Waals surface area contributed by atoms with E-state index < -0.39 is 10.0 Å². The molecule has 3 nitrogen and oxygen atoms in total. The third kappa shape index (κ3) is 2.89. The summed E-state index contributed by atoms with van der Waals surface area (Å²) in [6.45, 7) is 3.93. The second-order valence-corrected chi connectivity index (χ2v) is 7.85. The summed E-state index contributed by atoms with van der Waals surface area (Å²) >= 11 is 6.06. The molecule has 0 amide bonds. The third-order valence-electron chi connectivity index (χ3n) is 4.08. The van der Waals surface area contributed by atoms with Gasteiger partial charge in [-0.1, -0.05) is 36.4 Å². The van der Waals surface area contributed by atoms with Crippen molar-refractivity contribution in [2.75, 3.05) is 0 Å². The lowest BCUT2D eigenvalue weighted by molar-refractivity contribution is 0.588. The standard InChI is InChI=1S/C18H18ClNO2S/c1-13-10-14(2)18-16(17(13)11-19)8-9-20(18)23(21,22)12-15-6-4-3-5-7-15/h3-10H,11-12H2,1-2H3. The summed E-state index contributed by atoms with van der Waals surface area (Å²) in [4.78, 5) is 0. The maximum atomic E-state index is 12.8. The summed E-state index contributed by atoms with van der Waals surface area (Å²) in [6.07, 6.45) is 1.63. The van der Waals surface area contributed by atoms with Gasteiger partial charge in [0.05, 0.1) is 11.3 Å². The molecule has 5 heteroatoms. The van der Waals surface area contributed by atoms with Gasteiger partial charge in [0.15, 0.2) is 0 Å². The first-order valence-electron chi connectivity index (χ1n) is 7.37. The fourth-order valence-electron chi connectivity index (χ4n) is 3.00. The van der Waals surface area contributed by atoms with Crippen molar-refractivity contribution in [1.29, 1.82) is 0 Å². The third-order valence-corrected chi connectivity index (χ3v) is 5.95. The lowest BCUT2D eigenvalue weighted by atomic mass is 10.0. The average Bonchev–Trinajstić information content (AvgIpc) is 2.94. The Morgan fingerprint density at radius 3 is 2.39 bits per heavy atom. The first-order valence-corrected chi connectivity index (χ1v) is 9.51. The van der Waals surface area contributed by atoms with Crippen LogP contribution in [0.25, 0.3) is 10.9 Å². The summed E-state index contributed by atoms with van der Waals surface area (Å²) in [5, 5.41) is 0.911. The number of hydrogen-bond donors (Lipinski definition) is 0. The molecule has 0 N–H and O–H groups in total. The van der Waals surface area contributed by atoms with Gasteiger partial charge < -0.3 is 0 Å². The van der Waals surface area contributed by atoms with E-state index in [9.17, 15) is 8.42 Å². The van der Waals surface area contributed by atoms with Crippen molar-refractivity contribution in [3.05, 3.63) is 70.9 Å². The van der Waals surface area contributed by atoms with Gasteiger partial charge in [-0.15, -0.1) is 11.6 Å². The van der Waals surface area contributed by atoms with Crippen molar-refractivity contribution < 1.29 is 8.42 Å². The Morgan fingerprint density at radius 2 is 1.74 bits per heavy atom. The number of nitrogens with zero attached hydrogens (tertiary/aromatic N) is 1. The lowest BCUT2D eigenvalue weighted by Gasteiger charge is -2.12. The molecule has 0 aliphatic carbocycles. The number of aromatic nitrogens is 1. The Balaban J connectivity index is 2.17. The molecular weight excluding hydrogens is 330 g/mol. The van der Waals surface area contributed by atoms with Crippen molar-refractivity contribution in [2.24, 2.45) is 0 Å². The Bertz CT molecular complexity index is 960. The van der Waals surface area contributed by atoms with Crippen LogP contribution in [0.15, 0.2) is 48.7 Å². The topological polar surface area (TPSA) is 39.1 Å². The molecule has 1 heterocycles. The highest BCUT2D eigenvalue weighted by Crippen LogP contribution is 2.29. The second-order valence-electron chi connectivity index (χ2n) is 5.74. The molecule has 3 aromatic rings. The van der Waals surface area contributed by atoms with Crippen molar-refractivity contribution in [3.63, 3.8) is 0 Å². The van der Waals surface area contributed by atoms with Gasteiger partial charge in [-0.05, 0) is 42.2 Å². The van der Waals surface area contributed by atoms with Crippen molar-refractivity contribution >= 4 is 32.5 Å². The molecule has 0 aliphatic rings. The van der Waals surface area contributed by atoms with E-state index in [0.29, 0.717) is 5.88 Å². The predicted molar refractivity (Wildman–Crippen MR) is 95.4 cm³/mol. The van der Waals surface area contributed by atoms with Crippen molar-refractivity contribution in [2.45, 2.75) is 25.5 Å². The molecule has 120 valence electrons. The zero-order chi connectivity index (χ0) is 16.6. The summed E-state index contributed by atoms with van der Waals surface area (Å²) in [6, 6.07) is 13.1. The number of aryl methyl sites for hydroxylation is 2. The summed E-state index contributed by atoms with van der Waals surface area (Å²) in [5.41, 5.74) is 4.51. The summed E-state index contributed by atoms with van der Waals surface area (Å²) in [5.74, 6) is 0.340. The van der Waals surface area contributed by atoms with Crippen LogP contribution in [0.4, 0.5) is 0 Å². The Morgan fingerprint density at radius 1 is 1.04 bits per heavy atom. The normalized spacial score (nSPS) is 12.0. The van der Waals surface area contributed by atoms with E-state index in [1.54, 1.807) is 6.20 Å². The number of rotatable bonds is 4. The van der Waals surface area contributed by atoms with E-state index in [1.807, 2.05) is 56.3 Å². The van der Waals surface area contributed by atoms with E-state index >= 15 is 0 Å². The molecule has 0 bridgehead atoms. The molecule has 0 aliphatic heterocycles. The molecule has 0 fully saturated rings. The van der Waals surface area contributed by atoms with Gasteiger partial charge in [-0.25, -0.2) is 12.4 Å². The average molecular weight is 348 g/mol. The first-order chi connectivity index (χ1) is 10.9. The molecule has 3 rings (SSSR count). The molecule has 0 spiro atoms. The molecule has 0 saturated carbocycles. The molecular formula is C18H18ClNO2S. The van der Waals surface area contributed by atoms with Crippen molar-refractivity contribution in [3.8, 4) is 0 Å². The van der Waals surface area contributed by atoms with Crippen molar-refractivity contribution in [1.82, 2.24) is 3.97 Å². The highest BCUT2D eigenvalue weighted by Gasteiger charge is 2.20. The predicted octanol–water partition coefficient (Wildman–Crippen LogP) is 4.38. The van der Waals surface area contributed by atoms with Gasteiger partial charge in [0.2, 0.25) is 10.0 Å². The maximum absolute atomic E-state index is 12.8. The van der Waals surface area contributed by atoms with E-state index in [2.05, 4.69) is 0 Å². The minimum Gasteiger partial charge on any atom is -0.245 e. The van der Waals surface area contributed by atoms with E-state index in [4.69, 9.17) is 11.6 Å². The molecule has 0 atom stereocenters. The van der Waals surface area contributed by atoms with Crippen LogP contribution in [0.1, 0.15) is 22.3 Å². The molecule has 23 heavy (non-hydrogen) atoms. The van der Waals surface area contributed by atoms with Crippen LogP contribution in [0.5, 0.6) is 0 Å². The number of benzene rings is 2. The minimum atomic E-state index is -3.48. The molecule has 2 aromatic carbocycles. The number of hydrogen-bond acceptors (Lipinski definition) is 2. The number of fused-ring (bicyclic) bond motifs is 1. The number of halogens is 1. The SMILES string of the molecule is Cc1cc(C)c2c(ccn2S(=O)(=O)Cc2ccccc2)c1CCl. The maximum Gasteiger partial charge on any atom is 0.243 e. The highest BCUT2D eigenvalue weighted by molar-refractivity contribution is 7.89. The molecule has 0 saturated heterocycles. The Labute approximate surface area is 141 Å². The van der Waals surface area contributed by atoms with E-state index in [1.165, 1.54) is 3.97 Å². The van der Waals surface area contributed by atoms with Gasteiger partial charge in [0, 0.05) is 17.5 Å². The number of alkyl halides is 1. The van der Waals surface area contributed by atoms with Crippen LogP contribution < -0.4 is 0 Å². The monoisotopic (exact) mass is 347 g/mol. The summed E-state index contributed by atoms with van der Waals surface area (Å²) in [7, 11) is -3.48. The Hall–Kier alpha value is -1.78. The van der Waals surface area contributed by atoms with Crippen LogP contribution in [0, 0.1) is 13.8 Å². The van der Waals surface area contributed by atoms with Gasteiger partial charge in [0.1, 0.15) is 0 Å². The van der Waals surface area contributed by atoms with Gasteiger partial charge in [-0.3, -0.25) is 0 Å². The van der Waals surface area contributed by atoms with Gasteiger partial charge in [-0.2, -0.15) is 0 Å². The smallest absolute Gasteiger partial charge is 0.243 e. The first kappa shape index (κ1) is 16.1. The van der Waals surface area contributed by atoms with Crippen LogP contribution in [0.2, 0.25) is 0 Å².